The Balaban J connectivity index is 1.89. The Hall–Kier alpha value is -1.15. The Morgan fingerprint density at radius 2 is 2.19 bits per heavy atom. The maximum Gasteiger partial charge on any atom is 0.319 e. The Morgan fingerprint density at radius 3 is 2.76 bits per heavy atom. The Bertz CT molecular complexity index is 503. The third-order valence-electron chi connectivity index (χ3n) is 3.28. The molecular formula is C13H19N3O3S2. The summed E-state index contributed by atoms with van der Waals surface area (Å²) in [6, 6.07) is 0. The maximum absolute atomic E-state index is 11.8. The highest BCUT2D eigenvalue weighted by Gasteiger charge is 2.26. The Kier molecular flexibility index (Phi) is 5.98. The smallest absolute Gasteiger partial charge is 0.319 e. The van der Waals surface area contributed by atoms with Crippen molar-refractivity contribution in [3.63, 3.8) is 0 Å². The first-order chi connectivity index (χ1) is 10.1. The van der Waals surface area contributed by atoms with Gasteiger partial charge < -0.3 is 10.1 Å². The first kappa shape index (κ1) is 16.2. The van der Waals surface area contributed by atoms with Gasteiger partial charge in [0.1, 0.15) is 5.25 Å². The number of aromatic nitrogens is 2. The van der Waals surface area contributed by atoms with Crippen LogP contribution in [-0.2, 0) is 14.3 Å². The summed E-state index contributed by atoms with van der Waals surface area (Å²) in [6.45, 7) is 4.08. The second-order valence-corrected chi connectivity index (χ2v) is 7.18. The van der Waals surface area contributed by atoms with Crippen LogP contribution in [0.1, 0.15) is 39.5 Å². The molecule has 1 atom stereocenters. The van der Waals surface area contributed by atoms with Gasteiger partial charge in [0.05, 0.1) is 6.61 Å². The molecule has 116 valence electrons. The first-order valence-corrected chi connectivity index (χ1v) is 8.81. The lowest BCUT2D eigenvalue weighted by molar-refractivity contribution is -0.142. The fraction of sp³-hybridized carbons (Fsp3) is 0.692. The summed E-state index contributed by atoms with van der Waals surface area (Å²) >= 11 is 2.63. The van der Waals surface area contributed by atoms with Crippen LogP contribution in [0, 0.1) is 5.92 Å². The third kappa shape index (κ3) is 4.41. The Labute approximate surface area is 132 Å². The molecule has 1 aliphatic carbocycles. The van der Waals surface area contributed by atoms with Crippen LogP contribution in [0.2, 0.25) is 0 Å². The lowest BCUT2D eigenvalue weighted by Gasteiger charge is -2.23. The van der Waals surface area contributed by atoms with Crippen molar-refractivity contribution < 1.29 is 14.3 Å². The monoisotopic (exact) mass is 329 g/mol. The van der Waals surface area contributed by atoms with E-state index >= 15 is 0 Å². The minimum atomic E-state index is -0.284. The number of esters is 1. The van der Waals surface area contributed by atoms with Gasteiger partial charge in [-0.2, -0.15) is 0 Å². The van der Waals surface area contributed by atoms with E-state index in [2.05, 4.69) is 15.5 Å². The van der Waals surface area contributed by atoms with Crippen LogP contribution in [0.15, 0.2) is 4.34 Å². The third-order valence-corrected chi connectivity index (χ3v) is 5.54. The largest absolute Gasteiger partial charge is 0.465 e. The van der Waals surface area contributed by atoms with E-state index in [1.165, 1.54) is 23.1 Å². The average molecular weight is 329 g/mol. The number of nitrogens with zero attached hydrogens (tertiary/aromatic N) is 2. The normalized spacial score (nSPS) is 16.1. The average Bonchev–Trinajstić information content (AvgIpc) is 2.81. The number of carbonyl (C=O) groups excluding carboxylic acids is 2. The predicted molar refractivity (Wildman–Crippen MR) is 82.4 cm³/mol. The van der Waals surface area contributed by atoms with Gasteiger partial charge in [0, 0.05) is 5.92 Å². The molecule has 0 aliphatic heterocycles. The molecule has 1 amide bonds. The fourth-order valence-corrected chi connectivity index (χ4v) is 3.76. The van der Waals surface area contributed by atoms with Crippen molar-refractivity contribution in [1.82, 2.24) is 10.2 Å². The number of hydrogen-bond donors (Lipinski definition) is 1. The van der Waals surface area contributed by atoms with E-state index in [9.17, 15) is 9.59 Å². The molecule has 6 nitrogen and oxygen atoms in total. The number of rotatable bonds is 7. The van der Waals surface area contributed by atoms with E-state index in [0.717, 1.165) is 19.3 Å². The molecule has 1 aromatic rings. The van der Waals surface area contributed by atoms with Gasteiger partial charge in [0.25, 0.3) is 0 Å². The lowest BCUT2D eigenvalue weighted by atomic mass is 9.85. The van der Waals surface area contributed by atoms with Gasteiger partial charge in [-0.25, -0.2) is 0 Å². The molecule has 1 heterocycles. The molecule has 1 aliphatic rings. The van der Waals surface area contributed by atoms with Crippen molar-refractivity contribution in [2.45, 2.75) is 49.1 Å². The SMILES string of the molecule is CCOC(=O)C(CC)Sc1nnc(NC(=O)C2CCC2)s1. The van der Waals surface area contributed by atoms with E-state index in [1.807, 2.05) is 6.92 Å². The van der Waals surface area contributed by atoms with Crippen molar-refractivity contribution in [1.29, 1.82) is 0 Å². The molecule has 1 aromatic heterocycles. The van der Waals surface area contributed by atoms with Gasteiger partial charge in [-0.3, -0.25) is 9.59 Å². The molecule has 1 N–H and O–H groups in total. The van der Waals surface area contributed by atoms with Crippen LogP contribution in [0.4, 0.5) is 5.13 Å². The van der Waals surface area contributed by atoms with E-state index in [-0.39, 0.29) is 23.0 Å². The van der Waals surface area contributed by atoms with Gasteiger partial charge in [-0.05, 0) is 26.2 Å². The highest BCUT2D eigenvalue weighted by molar-refractivity contribution is 8.02. The van der Waals surface area contributed by atoms with Gasteiger partial charge in [-0.1, -0.05) is 36.4 Å². The number of anilines is 1. The van der Waals surface area contributed by atoms with Crippen molar-refractivity contribution in [2.75, 3.05) is 11.9 Å². The highest BCUT2D eigenvalue weighted by atomic mass is 32.2. The number of thioether (sulfide) groups is 1. The molecule has 1 fully saturated rings. The number of hydrogen-bond acceptors (Lipinski definition) is 7. The molecule has 0 radical (unpaired) electrons. The van der Waals surface area contributed by atoms with Crippen LogP contribution in [0.25, 0.3) is 0 Å². The zero-order chi connectivity index (χ0) is 15.2. The van der Waals surface area contributed by atoms with Crippen LogP contribution in [0.5, 0.6) is 0 Å². The molecular weight excluding hydrogens is 310 g/mol. The second-order valence-electron chi connectivity index (χ2n) is 4.76. The number of amides is 1. The van der Waals surface area contributed by atoms with E-state index in [4.69, 9.17) is 4.74 Å². The van der Waals surface area contributed by atoms with E-state index in [1.54, 1.807) is 6.92 Å². The quantitative estimate of drug-likeness (QED) is 0.470. The van der Waals surface area contributed by atoms with E-state index < -0.39 is 0 Å². The van der Waals surface area contributed by atoms with Gasteiger partial charge in [0.15, 0.2) is 4.34 Å². The van der Waals surface area contributed by atoms with Crippen LogP contribution in [-0.4, -0.2) is 33.9 Å². The standard InChI is InChI=1S/C13H19N3O3S2/c1-3-9(11(18)19-4-2)20-13-16-15-12(21-13)14-10(17)8-6-5-7-8/h8-9H,3-7H2,1-2H3,(H,14,15,17). The van der Waals surface area contributed by atoms with Crippen molar-refractivity contribution >= 4 is 40.1 Å². The minimum Gasteiger partial charge on any atom is -0.465 e. The van der Waals surface area contributed by atoms with E-state index in [0.29, 0.717) is 22.5 Å². The number of carbonyl (C=O) groups is 2. The molecule has 0 aromatic carbocycles. The number of ether oxygens (including phenoxy) is 1. The molecule has 21 heavy (non-hydrogen) atoms. The van der Waals surface area contributed by atoms with Crippen LogP contribution in [0.3, 0.4) is 0 Å². The van der Waals surface area contributed by atoms with Gasteiger partial charge in [0.2, 0.25) is 11.0 Å². The van der Waals surface area contributed by atoms with Gasteiger partial charge in [-0.15, -0.1) is 10.2 Å². The summed E-state index contributed by atoms with van der Waals surface area (Å²) in [5.74, 6) is -0.0976. The Morgan fingerprint density at radius 1 is 1.43 bits per heavy atom. The fourth-order valence-electron chi connectivity index (χ4n) is 1.84. The summed E-state index contributed by atoms with van der Waals surface area (Å²) in [6.07, 6.45) is 3.68. The van der Waals surface area contributed by atoms with Gasteiger partial charge >= 0.3 is 5.97 Å². The summed E-state index contributed by atoms with van der Waals surface area (Å²) < 4.78 is 5.68. The summed E-state index contributed by atoms with van der Waals surface area (Å²) in [5.41, 5.74) is 0. The molecule has 2 rings (SSSR count). The lowest BCUT2D eigenvalue weighted by Crippen LogP contribution is -2.27. The molecule has 0 bridgehead atoms. The first-order valence-electron chi connectivity index (χ1n) is 7.11. The zero-order valence-corrected chi connectivity index (χ0v) is 13.8. The molecule has 1 saturated carbocycles. The summed E-state index contributed by atoms with van der Waals surface area (Å²) in [4.78, 5) is 23.6. The van der Waals surface area contributed by atoms with Crippen LogP contribution >= 0.6 is 23.1 Å². The van der Waals surface area contributed by atoms with Crippen LogP contribution < -0.4 is 5.32 Å². The number of nitrogens with one attached hydrogen (secondary N) is 1. The predicted octanol–water partition coefficient (Wildman–Crippen LogP) is 2.71. The summed E-state index contributed by atoms with van der Waals surface area (Å²) in [5, 5.41) is 11.0. The van der Waals surface area contributed by atoms with Crippen molar-refractivity contribution in [3.05, 3.63) is 0 Å². The maximum atomic E-state index is 11.8. The van der Waals surface area contributed by atoms with Crippen molar-refractivity contribution in [3.8, 4) is 0 Å². The molecule has 8 heteroatoms. The zero-order valence-electron chi connectivity index (χ0n) is 12.1. The molecule has 1 unspecified atom stereocenters. The molecule has 0 saturated heterocycles. The van der Waals surface area contributed by atoms with Crippen molar-refractivity contribution in [2.24, 2.45) is 5.92 Å². The second kappa shape index (κ2) is 7.74. The minimum absolute atomic E-state index is 0.0198. The highest BCUT2D eigenvalue weighted by Crippen LogP contribution is 2.32. The topological polar surface area (TPSA) is 81.2 Å². The summed E-state index contributed by atoms with van der Waals surface area (Å²) in [7, 11) is 0. The molecule has 0 spiro atoms.